The Hall–Kier alpha value is -2.21. The van der Waals surface area contributed by atoms with Gasteiger partial charge in [-0.3, -0.25) is 10.1 Å². The maximum Gasteiger partial charge on any atom is 0.312 e. The first kappa shape index (κ1) is 15.2. The van der Waals surface area contributed by atoms with Crippen LogP contribution < -0.4 is 4.74 Å². The molecule has 0 N–H and O–H groups in total. The van der Waals surface area contributed by atoms with Crippen LogP contribution in [0.2, 0.25) is 5.15 Å². The average Bonchev–Trinajstić information content (AvgIpc) is 2.38. The molecule has 0 saturated carbocycles. The Morgan fingerprint density at radius 2 is 1.76 bits per heavy atom. The number of nitro benzene ring substituents is 1. The molecule has 0 aliphatic rings. The van der Waals surface area contributed by atoms with Crippen LogP contribution in [-0.2, 0) is 0 Å². The van der Waals surface area contributed by atoms with E-state index >= 15 is 0 Å². The van der Waals surface area contributed by atoms with Gasteiger partial charge in [0.05, 0.1) is 16.3 Å². The second-order valence-electron chi connectivity index (χ2n) is 4.78. The van der Waals surface area contributed by atoms with Crippen molar-refractivity contribution < 1.29 is 9.66 Å². The molecule has 7 heteroatoms. The van der Waals surface area contributed by atoms with E-state index in [1.807, 2.05) is 0 Å². The first-order valence-corrected chi connectivity index (χ1v) is 6.61. The number of aryl methyl sites for hydroxylation is 4. The van der Waals surface area contributed by atoms with Crippen molar-refractivity contribution in [2.75, 3.05) is 0 Å². The van der Waals surface area contributed by atoms with Crippen LogP contribution in [0.15, 0.2) is 12.1 Å². The lowest BCUT2D eigenvalue weighted by molar-refractivity contribution is -0.385. The highest BCUT2D eigenvalue weighted by Crippen LogP contribution is 2.36. The summed E-state index contributed by atoms with van der Waals surface area (Å²) < 4.78 is 5.58. The molecule has 0 bridgehead atoms. The minimum atomic E-state index is -0.488. The Balaban J connectivity index is 2.54. The molecule has 0 atom stereocenters. The smallest absolute Gasteiger partial charge is 0.312 e. The number of halogens is 1. The minimum Gasteiger partial charge on any atom is -0.429 e. The molecule has 6 nitrogen and oxygen atoms in total. The summed E-state index contributed by atoms with van der Waals surface area (Å²) in [5, 5.41) is 11.3. The van der Waals surface area contributed by atoms with Gasteiger partial charge in [-0.15, -0.1) is 0 Å². The zero-order valence-electron chi connectivity index (χ0n) is 12.1. The van der Waals surface area contributed by atoms with Gasteiger partial charge in [-0.25, -0.2) is 9.97 Å². The molecule has 0 spiro atoms. The molecule has 21 heavy (non-hydrogen) atoms. The number of hydrogen-bond donors (Lipinski definition) is 0. The number of ether oxygens (including phenoxy) is 1. The molecule has 0 aliphatic carbocycles. The molecule has 2 rings (SSSR count). The van der Waals surface area contributed by atoms with Crippen LogP contribution in [0.1, 0.15) is 22.5 Å². The molecule has 2 aromatic rings. The van der Waals surface area contributed by atoms with E-state index in [9.17, 15) is 10.1 Å². The van der Waals surface area contributed by atoms with Gasteiger partial charge in [-0.1, -0.05) is 17.7 Å². The highest BCUT2D eigenvalue weighted by Gasteiger charge is 2.21. The van der Waals surface area contributed by atoms with Crippen LogP contribution in [0.5, 0.6) is 11.6 Å². The first-order chi connectivity index (χ1) is 9.79. The van der Waals surface area contributed by atoms with Gasteiger partial charge in [0, 0.05) is 6.07 Å². The summed E-state index contributed by atoms with van der Waals surface area (Å²) in [6.45, 7) is 7.06. The third-order valence-electron chi connectivity index (χ3n) is 3.03. The lowest BCUT2D eigenvalue weighted by atomic mass is 10.1. The van der Waals surface area contributed by atoms with Gasteiger partial charge < -0.3 is 4.74 Å². The fraction of sp³-hybridized carbons (Fsp3) is 0.286. The lowest BCUT2D eigenvalue weighted by Gasteiger charge is -2.11. The molecule has 0 radical (unpaired) electrons. The van der Waals surface area contributed by atoms with E-state index in [1.54, 1.807) is 33.8 Å². The average molecular weight is 308 g/mol. The number of benzene rings is 1. The summed E-state index contributed by atoms with van der Waals surface area (Å²) >= 11 is 6.00. The van der Waals surface area contributed by atoms with E-state index < -0.39 is 4.92 Å². The van der Waals surface area contributed by atoms with Crippen molar-refractivity contribution in [3.05, 3.63) is 49.9 Å². The molecule has 110 valence electrons. The summed E-state index contributed by atoms with van der Waals surface area (Å²) in [6.07, 6.45) is 0. The molecule has 0 unspecified atom stereocenters. The fourth-order valence-electron chi connectivity index (χ4n) is 1.92. The third kappa shape index (κ3) is 3.11. The van der Waals surface area contributed by atoms with Crippen molar-refractivity contribution in [1.29, 1.82) is 0 Å². The van der Waals surface area contributed by atoms with Gasteiger partial charge in [0.25, 0.3) is 5.88 Å². The first-order valence-electron chi connectivity index (χ1n) is 6.24. The molecule has 1 heterocycles. The van der Waals surface area contributed by atoms with E-state index in [2.05, 4.69) is 9.97 Å². The SMILES string of the molecule is Cc1cc(C)c(Oc2nc(C)c(C)nc2Cl)c([N+](=O)[O-])c1. The summed E-state index contributed by atoms with van der Waals surface area (Å²) in [6, 6.07) is 3.25. The zero-order valence-corrected chi connectivity index (χ0v) is 12.9. The normalized spacial score (nSPS) is 10.5. The van der Waals surface area contributed by atoms with E-state index in [1.165, 1.54) is 6.07 Å². The Kier molecular flexibility index (Phi) is 4.09. The number of nitro groups is 1. The Morgan fingerprint density at radius 1 is 1.14 bits per heavy atom. The minimum absolute atomic E-state index is 0.0646. The van der Waals surface area contributed by atoms with Gasteiger partial charge in [0.2, 0.25) is 5.75 Å². The van der Waals surface area contributed by atoms with E-state index in [0.717, 1.165) is 5.56 Å². The number of rotatable bonds is 3. The maximum absolute atomic E-state index is 11.2. The number of aromatic nitrogens is 2. The van der Waals surface area contributed by atoms with Crippen LogP contribution in [0.4, 0.5) is 5.69 Å². The van der Waals surface area contributed by atoms with Crippen molar-refractivity contribution >= 4 is 17.3 Å². The molecular formula is C14H14ClN3O3. The Labute approximate surface area is 126 Å². The van der Waals surface area contributed by atoms with Gasteiger partial charge in [0.1, 0.15) is 0 Å². The quantitative estimate of drug-likeness (QED) is 0.631. The molecule has 0 saturated heterocycles. The monoisotopic (exact) mass is 307 g/mol. The van der Waals surface area contributed by atoms with Crippen molar-refractivity contribution in [1.82, 2.24) is 9.97 Å². The Bertz CT molecular complexity index is 732. The van der Waals surface area contributed by atoms with E-state index in [4.69, 9.17) is 16.3 Å². The van der Waals surface area contributed by atoms with Gasteiger partial charge >= 0.3 is 5.69 Å². The molecule has 0 amide bonds. The Morgan fingerprint density at radius 3 is 2.38 bits per heavy atom. The highest BCUT2D eigenvalue weighted by molar-refractivity contribution is 6.30. The predicted molar refractivity (Wildman–Crippen MR) is 79.2 cm³/mol. The van der Waals surface area contributed by atoms with Gasteiger partial charge in [0.15, 0.2) is 5.15 Å². The van der Waals surface area contributed by atoms with E-state index in [0.29, 0.717) is 17.0 Å². The molecule has 1 aromatic heterocycles. The summed E-state index contributed by atoms with van der Waals surface area (Å²) in [7, 11) is 0. The topological polar surface area (TPSA) is 78.2 Å². The standard InChI is InChI=1S/C14H14ClN3O3/c1-7-5-8(2)12(11(6-7)18(19)20)21-14-13(15)16-9(3)10(4)17-14/h5-6H,1-4H3. The van der Waals surface area contributed by atoms with Crippen LogP contribution >= 0.6 is 11.6 Å². The maximum atomic E-state index is 11.2. The second-order valence-corrected chi connectivity index (χ2v) is 5.14. The molecular weight excluding hydrogens is 294 g/mol. The van der Waals surface area contributed by atoms with Crippen molar-refractivity contribution in [2.24, 2.45) is 0 Å². The second kappa shape index (κ2) is 5.65. The van der Waals surface area contributed by atoms with Crippen molar-refractivity contribution in [3.63, 3.8) is 0 Å². The van der Waals surface area contributed by atoms with Gasteiger partial charge in [-0.05, 0) is 38.8 Å². The summed E-state index contributed by atoms with van der Waals surface area (Å²) in [5.41, 5.74) is 2.63. The van der Waals surface area contributed by atoms with E-state index in [-0.39, 0.29) is 22.5 Å². The highest BCUT2D eigenvalue weighted by atomic mass is 35.5. The van der Waals surface area contributed by atoms with Crippen LogP contribution in [0.3, 0.4) is 0 Å². The molecule has 0 aliphatic heterocycles. The van der Waals surface area contributed by atoms with Crippen LogP contribution in [0, 0.1) is 37.8 Å². The fourth-order valence-corrected chi connectivity index (χ4v) is 2.12. The summed E-state index contributed by atoms with van der Waals surface area (Å²) in [5.74, 6) is 0.194. The van der Waals surface area contributed by atoms with Crippen LogP contribution in [0.25, 0.3) is 0 Å². The van der Waals surface area contributed by atoms with Crippen LogP contribution in [-0.4, -0.2) is 14.9 Å². The number of nitrogens with zero attached hydrogens (tertiary/aromatic N) is 3. The third-order valence-corrected chi connectivity index (χ3v) is 3.28. The molecule has 0 fully saturated rings. The predicted octanol–water partition coefficient (Wildman–Crippen LogP) is 4.06. The molecule has 1 aromatic carbocycles. The largest absolute Gasteiger partial charge is 0.429 e. The number of hydrogen-bond acceptors (Lipinski definition) is 5. The van der Waals surface area contributed by atoms with Gasteiger partial charge in [-0.2, -0.15) is 0 Å². The van der Waals surface area contributed by atoms with Crippen molar-refractivity contribution in [2.45, 2.75) is 27.7 Å². The zero-order chi connectivity index (χ0) is 15.7. The van der Waals surface area contributed by atoms with Crippen molar-refractivity contribution in [3.8, 4) is 11.6 Å². The summed E-state index contributed by atoms with van der Waals surface area (Å²) in [4.78, 5) is 19.0. The lowest BCUT2D eigenvalue weighted by Crippen LogP contribution is -2.01.